The normalized spacial score (nSPS) is 10.5. The zero-order valence-electron chi connectivity index (χ0n) is 6.92. The fraction of sp³-hybridized carbons (Fsp3) is 0.250. The molecular formula is C8H8F2N2O. The van der Waals surface area contributed by atoms with Crippen LogP contribution in [-0.4, -0.2) is 11.3 Å². The number of hydrogen-bond donors (Lipinski definition) is 1. The number of aldehydes is 1. The van der Waals surface area contributed by atoms with Crippen molar-refractivity contribution in [2.24, 2.45) is 0 Å². The van der Waals surface area contributed by atoms with Crippen LogP contribution in [0.15, 0.2) is 6.07 Å². The molecule has 0 saturated heterocycles. The van der Waals surface area contributed by atoms with E-state index in [1.165, 1.54) is 6.07 Å². The highest BCUT2D eigenvalue weighted by Crippen LogP contribution is 2.24. The lowest BCUT2D eigenvalue weighted by Crippen LogP contribution is -2.03. The summed E-state index contributed by atoms with van der Waals surface area (Å²) in [7, 11) is 0. The van der Waals surface area contributed by atoms with E-state index in [2.05, 4.69) is 4.98 Å². The van der Waals surface area contributed by atoms with Crippen LogP contribution in [-0.2, 0) is 0 Å². The fourth-order valence-electron chi connectivity index (χ4n) is 0.958. The molecule has 0 amide bonds. The topological polar surface area (TPSA) is 56.0 Å². The van der Waals surface area contributed by atoms with Gasteiger partial charge in [-0.3, -0.25) is 4.79 Å². The Morgan fingerprint density at radius 2 is 2.23 bits per heavy atom. The number of halogens is 2. The maximum Gasteiger partial charge on any atom is 0.282 e. The molecule has 0 aliphatic carbocycles. The third-order valence-electron chi connectivity index (χ3n) is 1.63. The monoisotopic (exact) mass is 186 g/mol. The quantitative estimate of drug-likeness (QED) is 0.715. The summed E-state index contributed by atoms with van der Waals surface area (Å²) < 4.78 is 24.4. The zero-order valence-corrected chi connectivity index (χ0v) is 6.92. The summed E-state index contributed by atoms with van der Waals surface area (Å²) in [6, 6.07) is 1.32. The van der Waals surface area contributed by atoms with Crippen molar-refractivity contribution in [3.63, 3.8) is 0 Å². The second-order valence-electron chi connectivity index (χ2n) is 2.58. The number of alkyl halides is 2. The Hall–Kier alpha value is -1.52. The minimum atomic E-state index is -2.75. The molecule has 70 valence electrons. The Morgan fingerprint density at radius 1 is 1.62 bits per heavy atom. The van der Waals surface area contributed by atoms with Gasteiger partial charge in [0.2, 0.25) is 0 Å². The van der Waals surface area contributed by atoms with Crippen LogP contribution >= 0.6 is 0 Å². The Labute approximate surface area is 73.6 Å². The number of aromatic nitrogens is 1. The lowest BCUT2D eigenvalue weighted by Gasteiger charge is -2.05. The van der Waals surface area contributed by atoms with Crippen LogP contribution in [0.1, 0.15) is 28.2 Å². The Balaban J connectivity index is 3.30. The van der Waals surface area contributed by atoms with Crippen LogP contribution in [0.25, 0.3) is 0 Å². The molecule has 1 aromatic heterocycles. The maximum absolute atomic E-state index is 12.2. The Kier molecular flexibility index (Phi) is 2.55. The molecule has 0 bridgehead atoms. The van der Waals surface area contributed by atoms with Crippen molar-refractivity contribution in [3.05, 3.63) is 23.0 Å². The number of nitrogen functional groups attached to an aromatic ring is 1. The van der Waals surface area contributed by atoms with E-state index in [9.17, 15) is 13.6 Å². The molecule has 0 aliphatic heterocycles. The zero-order chi connectivity index (χ0) is 10.0. The Bertz CT molecular complexity index is 339. The number of carbonyl (C=O) groups excluding carboxylic acids is 1. The lowest BCUT2D eigenvalue weighted by molar-refractivity contribution is 0.111. The SMILES string of the molecule is Cc1cc(N)c(C(F)F)nc1C=O. The number of nitrogens with zero attached hydrogens (tertiary/aromatic N) is 1. The van der Waals surface area contributed by atoms with Gasteiger partial charge in [-0.2, -0.15) is 0 Å². The molecule has 3 nitrogen and oxygen atoms in total. The molecule has 0 unspecified atom stereocenters. The summed E-state index contributed by atoms with van der Waals surface area (Å²) in [5, 5.41) is 0. The smallest absolute Gasteiger partial charge is 0.282 e. The first-order valence-electron chi connectivity index (χ1n) is 3.56. The molecule has 0 spiro atoms. The first kappa shape index (κ1) is 9.57. The molecule has 0 aromatic carbocycles. The van der Waals surface area contributed by atoms with E-state index in [1.807, 2.05) is 0 Å². The molecule has 1 rings (SSSR count). The molecule has 0 aliphatic rings. The highest BCUT2D eigenvalue weighted by atomic mass is 19.3. The van der Waals surface area contributed by atoms with Crippen molar-refractivity contribution in [1.82, 2.24) is 4.98 Å². The number of pyridine rings is 1. The van der Waals surface area contributed by atoms with Crippen LogP contribution in [0.4, 0.5) is 14.5 Å². The second kappa shape index (κ2) is 3.47. The summed E-state index contributed by atoms with van der Waals surface area (Å²) in [5.74, 6) is 0. The standard InChI is InChI=1S/C8H8F2N2O/c1-4-2-5(11)7(8(9)10)12-6(4)3-13/h2-3,8H,11H2,1H3. The molecule has 1 heterocycles. The molecular weight excluding hydrogens is 178 g/mol. The van der Waals surface area contributed by atoms with E-state index in [1.54, 1.807) is 6.92 Å². The molecule has 13 heavy (non-hydrogen) atoms. The van der Waals surface area contributed by atoms with Gasteiger partial charge < -0.3 is 5.73 Å². The molecule has 2 N–H and O–H groups in total. The van der Waals surface area contributed by atoms with Crippen LogP contribution in [0.2, 0.25) is 0 Å². The van der Waals surface area contributed by atoms with Gasteiger partial charge in [-0.15, -0.1) is 0 Å². The maximum atomic E-state index is 12.2. The molecule has 0 radical (unpaired) electrons. The fourth-order valence-corrected chi connectivity index (χ4v) is 0.958. The van der Waals surface area contributed by atoms with E-state index >= 15 is 0 Å². The van der Waals surface area contributed by atoms with E-state index in [0.717, 1.165) is 0 Å². The van der Waals surface area contributed by atoms with Crippen molar-refractivity contribution in [1.29, 1.82) is 0 Å². The van der Waals surface area contributed by atoms with E-state index < -0.39 is 12.1 Å². The van der Waals surface area contributed by atoms with Crippen LogP contribution < -0.4 is 5.73 Å². The van der Waals surface area contributed by atoms with E-state index in [0.29, 0.717) is 11.8 Å². The second-order valence-corrected chi connectivity index (χ2v) is 2.58. The number of carbonyl (C=O) groups is 1. The van der Waals surface area contributed by atoms with Crippen molar-refractivity contribution < 1.29 is 13.6 Å². The van der Waals surface area contributed by atoms with Gasteiger partial charge in [0.25, 0.3) is 6.43 Å². The van der Waals surface area contributed by atoms with Gasteiger partial charge in [0.15, 0.2) is 6.29 Å². The summed E-state index contributed by atoms with van der Waals surface area (Å²) >= 11 is 0. The average Bonchev–Trinajstić information content (AvgIpc) is 2.03. The van der Waals surface area contributed by atoms with Crippen molar-refractivity contribution in [3.8, 4) is 0 Å². The van der Waals surface area contributed by atoms with Crippen LogP contribution in [0.3, 0.4) is 0 Å². The first-order valence-corrected chi connectivity index (χ1v) is 3.56. The minimum Gasteiger partial charge on any atom is -0.397 e. The lowest BCUT2D eigenvalue weighted by atomic mass is 10.2. The molecule has 1 aromatic rings. The largest absolute Gasteiger partial charge is 0.397 e. The van der Waals surface area contributed by atoms with Gasteiger partial charge >= 0.3 is 0 Å². The predicted molar refractivity (Wildman–Crippen MR) is 43.7 cm³/mol. The summed E-state index contributed by atoms with van der Waals surface area (Å²) in [4.78, 5) is 13.8. The van der Waals surface area contributed by atoms with Gasteiger partial charge in [0, 0.05) is 0 Å². The van der Waals surface area contributed by atoms with Crippen molar-refractivity contribution >= 4 is 12.0 Å². The van der Waals surface area contributed by atoms with Gasteiger partial charge in [-0.05, 0) is 18.6 Å². The third kappa shape index (κ3) is 1.80. The Morgan fingerprint density at radius 3 is 2.69 bits per heavy atom. The van der Waals surface area contributed by atoms with Gasteiger partial charge in [0.05, 0.1) is 5.69 Å². The minimum absolute atomic E-state index is 0.00417. The molecule has 0 atom stereocenters. The van der Waals surface area contributed by atoms with E-state index in [-0.39, 0.29) is 11.4 Å². The number of anilines is 1. The molecule has 5 heteroatoms. The summed E-state index contributed by atoms with van der Waals surface area (Å²) in [6.45, 7) is 1.59. The van der Waals surface area contributed by atoms with Gasteiger partial charge in [-0.25, -0.2) is 13.8 Å². The van der Waals surface area contributed by atoms with Crippen LogP contribution in [0.5, 0.6) is 0 Å². The summed E-state index contributed by atoms with van der Waals surface area (Å²) in [5.41, 5.74) is 5.17. The molecule has 0 saturated carbocycles. The molecule has 0 fully saturated rings. The van der Waals surface area contributed by atoms with Gasteiger partial charge in [-0.1, -0.05) is 0 Å². The number of aryl methyl sites for hydroxylation is 1. The highest BCUT2D eigenvalue weighted by molar-refractivity contribution is 5.75. The van der Waals surface area contributed by atoms with Gasteiger partial charge in [0.1, 0.15) is 11.4 Å². The number of hydrogen-bond acceptors (Lipinski definition) is 3. The first-order chi connectivity index (χ1) is 6.06. The number of rotatable bonds is 2. The van der Waals surface area contributed by atoms with Crippen molar-refractivity contribution in [2.75, 3.05) is 5.73 Å². The summed E-state index contributed by atoms with van der Waals surface area (Å²) in [6.07, 6.45) is -2.32. The highest BCUT2D eigenvalue weighted by Gasteiger charge is 2.15. The van der Waals surface area contributed by atoms with Crippen LogP contribution in [0, 0.1) is 6.92 Å². The average molecular weight is 186 g/mol. The third-order valence-corrected chi connectivity index (χ3v) is 1.63. The number of nitrogens with two attached hydrogens (primary N) is 1. The predicted octanol–water partition coefficient (Wildman–Crippen LogP) is 1.72. The van der Waals surface area contributed by atoms with Crippen molar-refractivity contribution in [2.45, 2.75) is 13.3 Å². The van der Waals surface area contributed by atoms with E-state index in [4.69, 9.17) is 5.73 Å².